The molecule has 1 aliphatic rings. The maximum absolute atomic E-state index is 13.3. The first-order valence-electron chi connectivity index (χ1n) is 6.65. The van der Waals surface area contributed by atoms with Gasteiger partial charge in [-0.2, -0.15) is 0 Å². The fourth-order valence-corrected chi connectivity index (χ4v) is 2.94. The lowest BCUT2D eigenvalue weighted by molar-refractivity contribution is 0.268. The van der Waals surface area contributed by atoms with Crippen molar-refractivity contribution in [1.82, 2.24) is 0 Å². The van der Waals surface area contributed by atoms with Gasteiger partial charge in [-0.3, -0.25) is 0 Å². The molecular weight excluding hydrogens is 213 g/mol. The third-order valence-electron chi connectivity index (χ3n) is 4.15. The van der Waals surface area contributed by atoms with Gasteiger partial charge in [0.25, 0.3) is 0 Å². The lowest BCUT2D eigenvalue weighted by Crippen LogP contribution is -2.41. The maximum atomic E-state index is 13.3. The monoisotopic (exact) mass is 235 g/mol. The van der Waals surface area contributed by atoms with E-state index in [1.165, 1.54) is 44.6 Å². The van der Waals surface area contributed by atoms with Gasteiger partial charge >= 0.3 is 0 Å². The number of rotatable bonds is 2. The molecule has 0 bridgehead atoms. The normalized spacial score (nSPS) is 21.8. The molecule has 2 N–H and O–H groups in total. The third-order valence-corrected chi connectivity index (χ3v) is 4.15. The molecule has 0 amide bonds. The van der Waals surface area contributed by atoms with E-state index in [4.69, 9.17) is 5.73 Å². The Hall–Kier alpha value is -0.890. The van der Waals surface area contributed by atoms with Crippen molar-refractivity contribution in [3.8, 4) is 0 Å². The summed E-state index contributed by atoms with van der Waals surface area (Å²) < 4.78 is 13.3. The van der Waals surface area contributed by atoms with E-state index in [1.54, 1.807) is 12.1 Å². The zero-order valence-corrected chi connectivity index (χ0v) is 10.6. The SMILES string of the molecule is CC(N)(c1cccc(F)c1)C1CCCCCC1. The molecule has 94 valence electrons. The van der Waals surface area contributed by atoms with Crippen molar-refractivity contribution in [3.63, 3.8) is 0 Å². The van der Waals surface area contributed by atoms with Crippen LogP contribution in [0, 0.1) is 11.7 Å². The Balaban J connectivity index is 2.21. The molecule has 1 aromatic rings. The predicted molar refractivity (Wildman–Crippen MR) is 69.1 cm³/mol. The molecule has 0 aromatic heterocycles. The van der Waals surface area contributed by atoms with Crippen LogP contribution in [0.3, 0.4) is 0 Å². The van der Waals surface area contributed by atoms with Crippen LogP contribution in [-0.2, 0) is 5.54 Å². The molecule has 0 spiro atoms. The molecule has 1 saturated carbocycles. The molecule has 2 rings (SSSR count). The Morgan fingerprint density at radius 2 is 1.82 bits per heavy atom. The molecule has 1 fully saturated rings. The van der Waals surface area contributed by atoms with Crippen molar-refractivity contribution in [2.24, 2.45) is 11.7 Å². The Morgan fingerprint density at radius 3 is 2.41 bits per heavy atom. The molecule has 0 aliphatic heterocycles. The van der Waals surface area contributed by atoms with E-state index in [0.717, 1.165) is 5.56 Å². The van der Waals surface area contributed by atoms with E-state index in [9.17, 15) is 4.39 Å². The molecule has 17 heavy (non-hydrogen) atoms. The topological polar surface area (TPSA) is 26.0 Å². The highest BCUT2D eigenvalue weighted by atomic mass is 19.1. The Bertz CT molecular complexity index is 365. The molecule has 1 aromatic carbocycles. The van der Waals surface area contributed by atoms with Crippen molar-refractivity contribution < 1.29 is 4.39 Å². The molecule has 1 unspecified atom stereocenters. The summed E-state index contributed by atoms with van der Waals surface area (Å²) in [6, 6.07) is 6.78. The zero-order chi connectivity index (χ0) is 12.3. The van der Waals surface area contributed by atoms with Crippen LogP contribution >= 0.6 is 0 Å². The number of hydrogen-bond donors (Lipinski definition) is 1. The molecule has 0 saturated heterocycles. The van der Waals surface area contributed by atoms with Crippen LogP contribution in [0.25, 0.3) is 0 Å². The number of hydrogen-bond acceptors (Lipinski definition) is 1. The minimum absolute atomic E-state index is 0.187. The van der Waals surface area contributed by atoms with Crippen molar-refractivity contribution in [2.75, 3.05) is 0 Å². The summed E-state index contributed by atoms with van der Waals surface area (Å²) in [5.74, 6) is 0.291. The van der Waals surface area contributed by atoms with Gasteiger partial charge < -0.3 is 5.73 Å². The first-order chi connectivity index (χ1) is 8.10. The van der Waals surface area contributed by atoms with E-state index in [1.807, 2.05) is 6.07 Å². The first kappa shape index (κ1) is 12.6. The molecular formula is C15H22FN. The van der Waals surface area contributed by atoms with Gasteiger partial charge in [-0.1, -0.05) is 37.8 Å². The first-order valence-corrected chi connectivity index (χ1v) is 6.65. The average molecular weight is 235 g/mol. The van der Waals surface area contributed by atoms with Crippen molar-refractivity contribution in [3.05, 3.63) is 35.6 Å². The lowest BCUT2D eigenvalue weighted by atomic mass is 9.76. The van der Waals surface area contributed by atoms with E-state index < -0.39 is 5.54 Å². The van der Waals surface area contributed by atoms with Crippen molar-refractivity contribution >= 4 is 0 Å². The molecule has 2 heteroatoms. The van der Waals surface area contributed by atoms with Gasteiger partial charge in [-0.05, 0) is 43.4 Å². The smallest absolute Gasteiger partial charge is 0.123 e. The molecule has 1 aliphatic carbocycles. The second-order valence-electron chi connectivity index (χ2n) is 5.48. The Morgan fingerprint density at radius 1 is 1.18 bits per heavy atom. The highest BCUT2D eigenvalue weighted by Crippen LogP contribution is 2.36. The van der Waals surface area contributed by atoms with Crippen LogP contribution in [-0.4, -0.2) is 0 Å². The summed E-state index contributed by atoms with van der Waals surface area (Å²) in [6.07, 6.45) is 7.48. The van der Waals surface area contributed by atoms with Gasteiger partial charge in [0.05, 0.1) is 0 Å². The Kier molecular flexibility index (Phi) is 3.82. The van der Waals surface area contributed by atoms with Crippen LogP contribution in [0.5, 0.6) is 0 Å². The predicted octanol–water partition coefficient (Wildman–Crippen LogP) is 3.97. The second kappa shape index (κ2) is 5.18. The largest absolute Gasteiger partial charge is 0.321 e. The van der Waals surface area contributed by atoms with Gasteiger partial charge in [0.1, 0.15) is 5.82 Å². The lowest BCUT2D eigenvalue weighted by Gasteiger charge is -2.34. The van der Waals surface area contributed by atoms with Gasteiger partial charge in [-0.15, -0.1) is 0 Å². The third kappa shape index (κ3) is 2.86. The number of benzene rings is 1. The zero-order valence-electron chi connectivity index (χ0n) is 10.6. The second-order valence-corrected chi connectivity index (χ2v) is 5.48. The van der Waals surface area contributed by atoms with E-state index >= 15 is 0 Å². The summed E-state index contributed by atoms with van der Waals surface area (Å²) >= 11 is 0. The number of halogens is 1. The summed E-state index contributed by atoms with van der Waals surface area (Å²) in [6.45, 7) is 2.05. The summed E-state index contributed by atoms with van der Waals surface area (Å²) in [5.41, 5.74) is 7.02. The van der Waals surface area contributed by atoms with Crippen molar-refractivity contribution in [2.45, 2.75) is 51.0 Å². The Labute approximate surface area is 103 Å². The minimum Gasteiger partial charge on any atom is -0.321 e. The molecule has 0 heterocycles. The van der Waals surface area contributed by atoms with Crippen LogP contribution in [0.1, 0.15) is 51.0 Å². The summed E-state index contributed by atoms with van der Waals surface area (Å²) in [5, 5.41) is 0. The van der Waals surface area contributed by atoms with E-state index in [0.29, 0.717) is 5.92 Å². The fraction of sp³-hybridized carbons (Fsp3) is 0.600. The van der Waals surface area contributed by atoms with Gasteiger partial charge in [0, 0.05) is 5.54 Å². The minimum atomic E-state index is -0.396. The van der Waals surface area contributed by atoms with Gasteiger partial charge in [0.15, 0.2) is 0 Å². The average Bonchev–Trinajstić information content (AvgIpc) is 2.58. The maximum Gasteiger partial charge on any atom is 0.123 e. The summed E-state index contributed by atoms with van der Waals surface area (Å²) in [7, 11) is 0. The molecule has 1 atom stereocenters. The highest BCUT2D eigenvalue weighted by Gasteiger charge is 2.32. The highest BCUT2D eigenvalue weighted by molar-refractivity contribution is 5.25. The van der Waals surface area contributed by atoms with Crippen LogP contribution in [0.2, 0.25) is 0 Å². The van der Waals surface area contributed by atoms with Crippen LogP contribution < -0.4 is 5.73 Å². The fourth-order valence-electron chi connectivity index (χ4n) is 2.94. The van der Waals surface area contributed by atoms with Gasteiger partial charge in [0.2, 0.25) is 0 Å². The summed E-state index contributed by atoms with van der Waals surface area (Å²) in [4.78, 5) is 0. The standard InChI is InChI=1S/C15H22FN/c1-15(17,12-7-4-2-3-5-8-12)13-9-6-10-14(16)11-13/h6,9-12H,2-5,7-8,17H2,1H3. The quantitative estimate of drug-likeness (QED) is 0.771. The van der Waals surface area contributed by atoms with E-state index in [2.05, 4.69) is 6.92 Å². The van der Waals surface area contributed by atoms with Crippen molar-refractivity contribution in [1.29, 1.82) is 0 Å². The van der Waals surface area contributed by atoms with Crippen LogP contribution in [0.15, 0.2) is 24.3 Å². The van der Waals surface area contributed by atoms with E-state index in [-0.39, 0.29) is 5.82 Å². The van der Waals surface area contributed by atoms with Crippen LogP contribution in [0.4, 0.5) is 4.39 Å². The van der Waals surface area contributed by atoms with Gasteiger partial charge in [-0.25, -0.2) is 4.39 Å². The number of nitrogens with two attached hydrogens (primary N) is 1. The molecule has 1 nitrogen and oxygen atoms in total. The molecule has 0 radical (unpaired) electrons.